The average Bonchev–Trinajstić information content (AvgIpc) is 2.73. The van der Waals surface area contributed by atoms with Gasteiger partial charge in [0.2, 0.25) is 5.95 Å². The van der Waals surface area contributed by atoms with Crippen molar-refractivity contribution >= 4 is 28.7 Å². The molecule has 2 heterocycles. The van der Waals surface area contributed by atoms with Crippen LogP contribution in [-0.2, 0) is 0 Å². The number of aromatic amines is 1. The molecule has 86 valence electrons. The molecule has 3 N–H and O–H groups in total. The van der Waals surface area contributed by atoms with Crippen LogP contribution in [0.2, 0.25) is 0 Å². The maximum Gasteiger partial charge on any atom is 0.223 e. The monoisotopic (exact) mass is 237 g/mol. The highest BCUT2D eigenvalue weighted by Gasteiger charge is 2.09. The number of anilines is 1. The van der Waals surface area contributed by atoms with Crippen LogP contribution in [0.25, 0.3) is 11.0 Å². The third kappa shape index (κ3) is 2.27. The Morgan fingerprint density at radius 1 is 1.50 bits per heavy atom. The number of H-pyrrole nitrogens is 1. The maximum atomic E-state index is 5.64. The molecule has 0 spiro atoms. The fraction of sp³-hybridized carbons (Fsp3) is 0.500. The normalized spacial score (nSPS) is 13.1. The van der Waals surface area contributed by atoms with E-state index in [1.54, 1.807) is 18.0 Å². The van der Waals surface area contributed by atoms with Gasteiger partial charge in [0.25, 0.3) is 0 Å². The number of thioether (sulfide) groups is 1. The van der Waals surface area contributed by atoms with Crippen molar-refractivity contribution in [3.63, 3.8) is 0 Å². The van der Waals surface area contributed by atoms with Gasteiger partial charge in [0, 0.05) is 5.75 Å². The molecular weight excluding hydrogens is 222 g/mol. The molecule has 2 aromatic heterocycles. The average molecular weight is 237 g/mol. The summed E-state index contributed by atoms with van der Waals surface area (Å²) in [5.74, 6) is 2.00. The number of nitrogens with two attached hydrogens (primary N) is 1. The molecule has 0 saturated heterocycles. The second kappa shape index (κ2) is 4.69. The minimum absolute atomic E-state index is 0.295. The van der Waals surface area contributed by atoms with Gasteiger partial charge in [-0.05, 0) is 5.92 Å². The van der Waals surface area contributed by atoms with E-state index in [1.165, 1.54) is 6.42 Å². The lowest BCUT2D eigenvalue weighted by Crippen LogP contribution is -1.99. The Hall–Kier alpha value is -1.30. The van der Waals surface area contributed by atoms with Gasteiger partial charge in [0.1, 0.15) is 5.03 Å². The topological polar surface area (TPSA) is 80.5 Å². The summed E-state index contributed by atoms with van der Waals surface area (Å²) in [6.45, 7) is 4.41. The van der Waals surface area contributed by atoms with Gasteiger partial charge in [-0.1, -0.05) is 20.3 Å². The molecule has 0 radical (unpaired) electrons. The van der Waals surface area contributed by atoms with E-state index in [1.807, 2.05) is 0 Å². The van der Waals surface area contributed by atoms with Crippen LogP contribution in [0.3, 0.4) is 0 Å². The molecule has 2 aromatic rings. The number of nitrogens with one attached hydrogen (secondary N) is 1. The fourth-order valence-electron chi connectivity index (χ4n) is 1.27. The largest absolute Gasteiger partial charge is 0.368 e. The zero-order chi connectivity index (χ0) is 11.5. The Kier molecular flexibility index (Phi) is 3.28. The van der Waals surface area contributed by atoms with Crippen molar-refractivity contribution in [1.29, 1.82) is 0 Å². The van der Waals surface area contributed by atoms with Crippen LogP contribution in [0.1, 0.15) is 20.3 Å². The van der Waals surface area contributed by atoms with Crippen LogP contribution in [-0.4, -0.2) is 25.9 Å². The molecular formula is C10H15N5S. The zero-order valence-electron chi connectivity index (χ0n) is 9.40. The predicted molar refractivity (Wildman–Crippen MR) is 66.3 cm³/mol. The van der Waals surface area contributed by atoms with Gasteiger partial charge in [-0.25, -0.2) is 4.98 Å². The van der Waals surface area contributed by atoms with Gasteiger partial charge in [-0.3, -0.25) is 5.10 Å². The SMILES string of the molecule is CCC(C)CSc1nc(N)nc2[nH]ncc12. The molecule has 16 heavy (non-hydrogen) atoms. The van der Waals surface area contributed by atoms with Crippen LogP contribution >= 0.6 is 11.8 Å². The summed E-state index contributed by atoms with van der Waals surface area (Å²) in [7, 11) is 0. The van der Waals surface area contributed by atoms with Crippen LogP contribution in [0.5, 0.6) is 0 Å². The van der Waals surface area contributed by atoms with Gasteiger partial charge in [0.05, 0.1) is 11.6 Å². The molecule has 1 atom stereocenters. The highest BCUT2D eigenvalue weighted by Crippen LogP contribution is 2.26. The molecule has 0 aromatic carbocycles. The lowest BCUT2D eigenvalue weighted by atomic mass is 10.2. The summed E-state index contributed by atoms with van der Waals surface area (Å²) in [5, 5.41) is 8.62. The lowest BCUT2D eigenvalue weighted by Gasteiger charge is -2.07. The van der Waals surface area contributed by atoms with E-state index in [2.05, 4.69) is 34.0 Å². The summed E-state index contributed by atoms with van der Waals surface area (Å²) in [5.41, 5.74) is 6.35. The molecule has 0 aliphatic carbocycles. The Balaban J connectivity index is 2.25. The lowest BCUT2D eigenvalue weighted by molar-refractivity contribution is 0.636. The van der Waals surface area contributed by atoms with Crippen molar-refractivity contribution in [2.75, 3.05) is 11.5 Å². The van der Waals surface area contributed by atoms with E-state index in [-0.39, 0.29) is 0 Å². The number of rotatable bonds is 4. The molecule has 0 amide bonds. The first kappa shape index (κ1) is 11.2. The first-order chi connectivity index (χ1) is 7.70. The molecule has 2 rings (SSSR count). The predicted octanol–water partition coefficient (Wildman–Crippen LogP) is 2.07. The van der Waals surface area contributed by atoms with E-state index in [0.717, 1.165) is 16.2 Å². The Morgan fingerprint density at radius 2 is 2.31 bits per heavy atom. The first-order valence-electron chi connectivity index (χ1n) is 5.30. The number of nitrogens with zero attached hydrogens (tertiary/aromatic N) is 3. The van der Waals surface area contributed by atoms with E-state index in [4.69, 9.17) is 5.73 Å². The van der Waals surface area contributed by atoms with Crippen molar-refractivity contribution in [2.45, 2.75) is 25.3 Å². The minimum atomic E-state index is 0.295. The van der Waals surface area contributed by atoms with E-state index in [9.17, 15) is 0 Å². The number of fused-ring (bicyclic) bond motifs is 1. The summed E-state index contributed by atoms with van der Waals surface area (Å²) >= 11 is 1.71. The Morgan fingerprint density at radius 3 is 3.06 bits per heavy atom. The van der Waals surface area contributed by atoms with Crippen molar-refractivity contribution in [1.82, 2.24) is 20.2 Å². The highest BCUT2D eigenvalue weighted by molar-refractivity contribution is 7.99. The molecule has 0 saturated carbocycles. The number of hydrogen-bond acceptors (Lipinski definition) is 5. The van der Waals surface area contributed by atoms with E-state index >= 15 is 0 Å². The molecule has 0 aliphatic rings. The molecule has 5 nitrogen and oxygen atoms in total. The number of aromatic nitrogens is 4. The summed E-state index contributed by atoms with van der Waals surface area (Å²) in [6.07, 6.45) is 2.91. The van der Waals surface area contributed by atoms with Gasteiger partial charge in [-0.15, -0.1) is 11.8 Å². The minimum Gasteiger partial charge on any atom is -0.368 e. The van der Waals surface area contributed by atoms with Crippen molar-refractivity contribution < 1.29 is 0 Å². The van der Waals surface area contributed by atoms with Crippen LogP contribution in [0, 0.1) is 5.92 Å². The molecule has 0 aliphatic heterocycles. The smallest absolute Gasteiger partial charge is 0.223 e. The van der Waals surface area contributed by atoms with Gasteiger partial charge < -0.3 is 5.73 Å². The first-order valence-corrected chi connectivity index (χ1v) is 6.28. The van der Waals surface area contributed by atoms with Crippen LogP contribution < -0.4 is 5.73 Å². The molecule has 0 bridgehead atoms. The van der Waals surface area contributed by atoms with E-state index in [0.29, 0.717) is 17.5 Å². The van der Waals surface area contributed by atoms with Crippen molar-refractivity contribution in [3.05, 3.63) is 6.20 Å². The van der Waals surface area contributed by atoms with Gasteiger partial charge >= 0.3 is 0 Å². The highest BCUT2D eigenvalue weighted by atomic mass is 32.2. The van der Waals surface area contributed by atoms with Crippen LogP contribution in [0.15, 0.2) is 11.2 Å². The number of hydrogen-bond donors (Lipinski definition) is 2. The Bertz CT molecular complexity index is 481. The summed E-state index contributed by atoms with van der Waals surface area (Å²) in [6, 6.07) is 0. The Labute approximate surface area is 98.2 Å². The quantitative estimate of drug-likeness (QED) is 0.628. The molecule has 0 fully saturated rings. The second-order valence-corrected chi connectivity index (χ2v) is 4.85. The van der Waals surface area contributed by atoms with Gasteiger partial charge in [0.15, 0.2) is 5.65 Å². The summed E-state index contributed by atoms with van der Waals surface area (Å²) < 4.78 is 0. The number of nitrogen functional groups attached to an aromatic ring is 1. The molecule has 1 unspecified atom stereocenters. The standard InChI is InChI=1S/C10H15N5S/c1-3-6(2)5-16-9-7-4-12-15-8(7)13-10(11)14-9/h4,6H,3,5H2,1-2H3,(H3,11,12,13,14,15). The van der Waals surface area contributed by atoms with E-state index < -0.39 is 0 Å². The third-order valence-corrected chi connectivity index (χ3v) is 3.81. The fourth-order valence-corrected chi connectivity index (χ4v) is 2.42. The molecule has 6 heteroatoms. The van der Waals surface area contributed by atoms with Crippen molar-refractivity contribution in [2.24, 2.45) is 5.92 Å². The summed E-state index contributed by atoms with van der Waals surface area (Å²) in [4.78, 5) is 8.33. The maximum absolute atomic E-state index is 5.64. The third-order valence-electron chi connectivity index (χ3n) is 2.49. The van der Waals surface area contributed by atoms with Crippen LogP contribution in [0.4, 0.5) is 5.95 Å². The zero-order valence-corrected chi connectivity index (χ0v) is 10.2. The van der Waals surface area contributed by atoms with Crippen molar-refractivity contribution in [3.8, 4) is 0 Å². The second-order valence-electron chi connectivity index (χ2n) is 3.84. The van der Waals surface area contributed by atoms with Gasteiger partial charge in [-0.2, -0.15) is 10.1 Å².